The van der Waals surface area contributed by atoms with Crippen molar-refractivity contribution in [3.8, 4) is 5.75 Å². The predicted molar refractivity (Wildman–Crippen MR) is 68.9 cm³/mol. The Hall–Kier alpha value is -0.190. The number of hydrogen-bond donors (Lipinski definition) is 3. The standard InChI is InChI=1S/C6H3Cl3O.C4H10N2/c7-3-1-2-4(10)6(9)5(3)8;1-2-6-4-3-5-1/h1-2,10H;5-6H,1-4H2. The minimum absolute atomic E-state index is 0.0592. The van der Waals surface area contributed by atoms with E-state index in [-0.39, 0.29) is 15.8 Å². The molecular weight excluding hydrogens is 270 g/mol. The van der Waals surface area contributed by atoms with Crippen molar-refractivity contribution in [3.05, 3.63) is 27.2 Å². The molecule has 1 fully saturated rings. The van der Waals surface area contributed by atoms with Gasteiger partial charge in [-0.25, -0.2) is 0 Å². The van der Waals surface area contributed by atoms with Gasteiger partial charge < -0.3 is 15.7 Å². The Morgan fingerprint density at radius 3 is 1.75 bits per heavy atom. The predicted octanol–water partition coefficient (Wildman–Crippen LogP) is 2.53. The number of benzene rings is 1. The van der Waals surface area contributed by atoms with Crippen molar-refractivity contribution in [2.45, 2.75) is 0 Å². The fourth-order valence-corrected chi connectivity index (χ4v) is 1.65. The van der Waals surface area contributed by atoms with Crippen molar-refractivity contribution in [2.24, 2.45) is 0 Å². The normalized spacial score (nSPS) is 15.2. The fourth-order valence-electron chi connectivity index (χ4n) is 1.12. The number of halogens is 3. The van der Waals surface area contributed by atoms with Gasteiger partial charge in [0.1, 0.15) is 10.8 Å². The minimum Gasteiger partial charge on any atom is -0.506 e. The van der Waals surface area contributed by atoms with Gasteiger partial charge in [-0.15, -0.1) is 0 Å². The zero-order chi connectivity index (χ0) is 12.0. The lowest BCUT2D eigenvalue weighted by molar-refractivity contribution is 0.475. The van der Waals surface area contributed by atoms with Gasteiger partial charge in [-0.2, -0.15) is 0 Å². The van der Waals surface area contributed by atoms with Crippen LogP contribution >= 0.6 is 34.8 Å². The van der Waals surface area contributed by atoms with E-state index >= 15 is 0 Å². The summed E-state index contributed by atoms with van der Waals surface area (Å²) in [5, 5.41) is 16.0. The Kier molecular flexibility index (Phi) is 6.24. The molecule has 0 unspecified atom stereocenters. The van der Waals surface area contributed by atoms with Crippen LogP contribution in [0, 0.1) is 0 Å². The number of nitrogens with one attached hydrogen (secondary N) is 2. The van der Waals surface area contributed by atoms with E-state index in [2.05, 4.69) is 10.6 Å². The maximum absolute atomic E-state index is 8.95. The molecular formula is C10H13Cl3N2O. The molecule has 1 heterocycles. The van der Waals surface area contributed by atoms with E-state index in [1.807, 2.05) is 0 Å². The van der Waals surface area contributed by atoms with Gasteiger partial charge in [0.15, 0.2) is 0 Å². The molecule has 0 aliphatic carbocycles. The average molecular weight is 284 g/mol. The molecule has 1 aliphatic rings. The number of phenols is 1. The second kappa shape index (κ2) is 7.20. The van der Waals surface area contributed by atoms with Crippen LogP contribution in [0.25, 0.3) is 0 Å². The Labute approximate surface area is 110 Å². The van der Waals surface area contributed by atoms with E-state index in [1.165, 1.54) is 12.1 Å². The van der Waals surface area contributed by atoms with Crippen LogP contribution in [0.1, 0.15) is 0 Å². The maximum Gasteiger partial charge on any atom is 0.135 e. The molecule has 1 aromatic carbocycles. The van der Waals surface area contributed by atoms with Crippen LogP contribution in [0.3, 0.4) is 0 Å². The van der Waals surface area contributed by atoms with Gasteiger partial charge in [0.2, 0.25) is 0 Å². The quantitative estimate of drug-likeness (QED) is 0.641. The highest BCUT2D eigenvalue weighted by Gasteiger charge is 2.06. The lowest BCUT2D eigenvalue weighted by Crippen LogP contribution is -2.39. The average Bonchev–Trinajstić information content (AvgIpc) is 2.35. The molecule has 0 bridgehead atoms. The number of aromatic hydroxyl groups is 1. The summed E-state index contributed by atoms with van der Waals surface area (Å²) in [5.74, 6) is -0.0592. The summed E-state index contributed by atoms with van der Waals surface area (Å²) in [5.41, 5.74) is 0. The lowest BCUT2D eigenvalue weighted by Gasteiger charge is -2.11. The Morgan fingerprint density at radius 2 is 1.38 bits per heavy atom. The Bertz CT molecular complexity index is 305. The molecule has 2 rings (SSSR count). The molecule has 3 N–H and O–H groups in total. The van der Waals surface area contributed by atoms with Gasteiger partial charge in [-0.1, -0.05) is 34.8 Å². The first-order chi connectivity index (χ1) is 7.63. The second-order valence-corrected chi connectivity index (χ2v) is 4.36. The molecule has 0 saturated carbocycles. The van der Waals surface area contributed by atoms with Gasteiger partial charge >= 0.3 is 0 Å². The van der Waals surface area contributed by atoms with Crippen LogP contribution in [-0.2, 0) is 0 Å². The highest BCUT2D eigenvalue weighted by molar-refractivity contribution is 6.48. The molecule has 0 amide bonds. The van der Waals surface area contributed by atoms with Gasteiger partial charge in [-0.05, 0) is 12.1 Å². The van der Waals surface area contributed by atoms with Crippen molar-refractivity contribution in [1.82, 2.24) is 10.6 Å². The molecule has 1 aliphatic heterocycles. The van der Waals surface area contributed by atoms with Gasteiger partial charge in [0.25, 0.3) is 0 Å². The minimum atomic E-state index is -0.0592. The molecule has 16 heavy (non-hydrogen) atoms. The van der Waals surface area contributed by atoms with Gasteiger partial charge in [0.05, 0.1) is 10.0 Å². The Balaban J connectivity index is 0.000000181. The highest BCUT2D eigenvalue weighted by atomic mass is 35.5. The van der Waals surface area contributed by atoms with E-state index in [0.29, 0.717) is 5.02 Å². The summed E-state index contributed by atoms with van der Waals surface area (Å²) in [6, 6.07) is 2.86. The monoisotopic (exact) mass is 282 g/mol. The third-order valence-electron chi connectivity index (χ3n) is 1.97. The molecule has 0 spiro atoms. The highest BCUT2D eigenvalue weighted by Crippen LogP contribution is 2.35. The molecule has 0 atom stereocenters. The number of rotatable bonds is 0. The number of piperazine rings is 1. The molecule has 1 saturated heterocycles. The van der Waals surface area contributed by atoms with E-state index in [4.69, 9.17) is 39.9 Å². The number of phenolic OH excluding ortho intramolecular Hbond substituents is 1. The van der Waals surface area contributed by atoms with E-state index in [0.717, 1.165) is 26.2 Å². The third-order valence-corrected chi connectivity index (χ3v) is 3.26. The first-order valence-electron chi connectivity index (χ1n) is 4.87. The number of hydrogen-bond acceptors (Lipinski definition) is 3. The summed E-state index contributed by atoms with van der Waals surface area (Å²) in [6.45, 7) is 4.56. The van der Waals surface area contributed by atoms with Crippen LogP contribution in [0.5, 0.6) is 5.75 Å². The van der Waals surface area contributed by atoms with Crippen LogP contribution in [0.15, 0.2) is 12.1 Å². The first kappa shape index (κ1) is 13.9. The van der Waals surface area contributed by atoms with E-state index in [1.54, 1.807) is 0 Å². The van der Waals surface area contributed by atoms with Crippen LogP contribution < -0.4 is 10.6 Å². The summed E-state index contributed by atoms with van der Waals surface area (Å²) in [4.78, 5) is 0. The van der Waals surface area contributed by atoms with Crippen molar-refractivity contribution in [2.75, 3.05) is 26.2 Å². The second-order valence-electron chi connectivity index (χ2n) is 3.19. The smallest absolute Gasteiger partial charge is 0.135 e. The summed E-state index contributed by atoms with van der Waals surface area (Å²) in [6.07, 6.45) is 0. The zero-order valence-corrected chi connectivity index (χ0v) is 10.8. The molecule has 0 radical (unpaired) electrons. The van der Waals surface area contributed by atoms with Crippen molar-refractivity contribution >= 4 is 34.8 Å². The van der Waals surface area contributed by atoms with Gasteiger partial charge in [-0.3, -0.25) is 0 Å². The van der Waals surface area contributed by atoms with E-state index in [9.17, 15) is 0 Å². The molecule has 90 valence electrons. The largest absolute Gasteiger partial charge is 0.506 e. The summed E-state index contributed by atoms with van der Waals surface area (Å²) >= 11 is 16.6. The molecule has 3 nitrogen and oxygen atoms in total. The van der Waals surface area contributed by atoms with Crippen molar-refractivity contribution in [3.63, 3.8) is 0 Å². The van der Waals surface area contributed by atoms with Crippen molar-refractivity contribution < 1.29 is 5.11 Å². The topological polar surface area (TPSA) is 44.3 Å². The van der Waals surface area contributed by atoms with Crippen LogP contribution in [-0.4, -0.2) is 31.3 Å². The fraction of sp³-hybridized carbons (Fsp3) is 0.400. The molecule has 0 aromatic heterocycles. The van der Waals surface area contributed by atoms with E-state index < -0.39 is 0 Å². The van der Waals surface area contributed by atoms with Crippen molar-refractivity contribution in [1.29, 1.82) is 0 Å². The van der Waals surface area contributed by atoms with Crippen LogP contribution in [0.2, 0.25) is 15.1 Å². The third kappa shape index (κ3) is 4.36. The first-order valence-corrected chi connectivity index (χ1v) is 6.00. The summed E-state index contributed by atoms with van der Waals surface area (Å²) in [7, 11) is 0. The zero-order valence-electron chi connectivity index (χ0n) is 8.56. The molecule has 1 aromatic rings. The SMILES string of the molecule is C1CNCCN1.Oc1ccc(Cl)c(Cl)c1Cl. The summed E-state index contributed by atoms with van der Waals surface area (Å²) < 4.78 is 0. The Morgan fingerprint density at radius 1 is 0.875 bits per heavy atom. The lowest BCUT2D eigenvalue weighted by atomic mass is 10.3. The van der Waals surface area contributed by atoms with Gasteiger partial charge in [0, 0.05) is 26.2 Å². The molecule has 6 heteroatoms. The maximum atomic E-state index is 8.95. The van der Waals surface area contributed by atoms with Crippen LogP contribution in [0.4, 0.5) is 0 Å².